The van der Waals surface area contributed by atoms with Crippen LogP contribution in [0.4, 0.5) is 14.5 Å². The van der Waals surface area contributed by atoms with Crippen LogP contribution in [0, 0.1) is 5.82 Å². The SMILES string of the molecule is CCS(=O)(=O)N(c1ccc(F)c(-n2nnn(CCCF)c2=O)c1)S(=O)(=O)CC. The summed E-state index contributed by atoms with van der Waals surface area (Å²) < 4.78 is 77.5. The first-order valence-corrected chi connectivity index (χ1v) is 11.5. The zero-order valence-electron chi connectivity index (χ0n) is 15.1. The van der Waals surface area contributed by atoms with Gasteiger partial charge in [0.15, 0.2) is 0 Å². The molecular weight excluding hydrogens is 420 g/mol. The van der Waals surface area contributed by atoms with E-state index in [2.05, 4.69) is 10.4 Å². The van der Waals surface area contributed by atoms with E-state index in [1.54, 1.807) is 0 Å². The topological polar surface area (TPSA) is 124 Å². The molecule has 1 heterocycles. The lowest BCUT2D eigenvalue weighted by Gasteiger charge is -2.23. The van der Waals surface area contributed by atoms with Crippen LogP contribution in [0.25, 0.3) is 5.69 Å². The van der Waals surface area contributed by atoms with Gasteiger partial charge in [-0.05, 0) is 48.9 Å². The Kier molecular flexibility index (Phi) is 6.54. The van der Waals surface area contributed by atoms with E-state index in [1.165, 1.54) is 13.8 Å². The van der Waals surface area contributed by atoms with Crippen molar-refractivity contribution >= 4 is 25.7 Å². The molecule has 2 rings (SSSR count). The van der Waals surface area contributed by atoms with Gasteiger partial charge in [-0.1, -0.05) is 0 Å². The molecule has 0 radical (unpaired) electrons. The first-order chi connectivity index (χ1) is 13.1. The summed E-state index contributed by atoms with van der Waals surface area (Å²) in [4.78, 5) is 12.3. The van der Waals surface area contributed by atoms with Crippen molar-refractivity contribution in [1.82, 2.24) is 19.8 Å². The monoisotopic (exact) mass is 439 g/mol. The van der Waals surface area contributed by atoms with Crippen molar-refractivity contribution in [3.8, 4) is 5.69 Å². The number of benzene rings is 1. The minimum absolute atomic E-state index is 0.00160. The highest BCUT2D eigenvalue weighted by Crippen LogP contribution is 2.26. The van der Waals surface area contributed by atoms with E-state index in [-0.39, 0.29) is 22.4 Å². The van der Waals surface area contributed by atoms with Crippen molar-refractivity contribution in [3.05, 3.63) is 34.5 Å². The molecule has 0 saturated heterocycles. The molecule has 0 aliphatic rings. The second-order valence-electron chi connectivity index (χ2n) is 5.57. The molecule has 1 aromatic heterocycles. The first kappa shape index (κ1) is 21.9. The third-order valence-corrected chi connectivity index (χ3v) is 8.00. The normalized spacial score (nSPS) is 12.3. The van der Waals surface area contributed by atoms with Gasteiger partial charge in [0, 0.05) is 0 Å². The van der Waals surface area contributed by atoms with Gasteiger partial charge in [0.1, 0.15) is 11.5 Å². The number of alkyl halides is 1. The number of aryl methyl sites for hydroxylation is 1. The Morgan fingerprint density at radius 1 is 1.07 bits per heavy atom. The van der Waals surface area contributed by atoms with E-state index in [1.807, 2.05) is 0 Å². The van der Waals surface area contributed by atoms with Gasteiger partial charge in [0.25, 0.3) is 0 Å². The molecule has 0 atom stereocenters. The van der Waals surface area contributed by atoms with Crippen molar-refractivity contribution < 1.29 is 25.6 Å². The lowest BCUT2D eigenvalue weighted by Crippen LogP contribution is -2.39. The van der Waals surface area contributed by atoms with E-state index < -0.39 is 55.4 Å². The molecule has 0 aliphatic heterocycles. The predicted molar refractivity (Wildman–Crippen MR) is 97.6 cm³/mol. The van der Waals surface area contributed by atoms with Crippen LogP contribution in [0.3, 0.4) is 0 Å². The zero-order valence-corrected chi connectivity index (χ0v) is 16.8. The van der Waals surface area contributed by atoms with E-state index >= 15 is 0 Å². The number of nitrogens with zero attached hydrogens (tertiary/aromatic N) is 5. The van der Waals surface area contributed by atoms with Crippen LogP contribution in [0.1, 0.15) is 20.3 Å². The Morgan fingerprint density at radius 3 is 2.21 bits per heavy atom. The fraction of sp³-hybridized carbons (Fsp3) is 0.500. The first-order valence-electron chi connectivity index (χ1n) is 8.23. The molecule has 0 aliphatic carbocycles. The summed E-state index contributed by atoms with van der Waals surface area (Å²) in [6, 6.07) is 2.67. The van der Waals surface area contributed by atoms with Gasteiger partial charge in [-0.25, -0.2) is 26.0 Å². The largest absolute Gasteiger partial charge is 0.368 e. The van der Waals surface area contributed by atoms with E-state index in [4.69, 9.17) is 0 Å². The Morgan fingerprint density at radius 2 is 1.68 bits per heavy atom. The highest BCUT2D eigenvalue weighted by molar-refractivity contribution is 8.10. The van der Waals surface area contributed by atoms with Crippen LogP contribution in [-0.2, 0) is 26.6 Å². The molecule has 156 valence electrons. The molecule has 0 unspecified atom stereocenters. The molecule has 10 nitrogen and oxygen atoms in total. The summed E-state index contributed by atoms with van der Waals surface area (Å²) in [6.45, 7) is 1.75. The molecule has 0 N–H and O–H groups in total. The smallest absolute Gasteiger partial charge is 0.251 e. The number of hydrogen-bond donors (Lipinski definition) is 0. The van der Waals surface area contributed by atoms with Gasteiger partial charge in [0.05, 0.1) is 30.4 Å². The summed E-state index contributed by atoms with van der Waals surface area (Å²) in [6.07, 6.45) is -0.00160. The molecule has 14 heteroatoms. The molecule has 0 bridgehead atoms. The van der Waals surface area contributed by atoms with E-state index in [0.29, 0.717) is 4.68 Å². The maximum Gasteiger partial charge on any atom is 0.368 e. The molecule has 0 saturated carbocycles. The standard InChI is InChI=1S/C14H19F2N5O5S2/c1-3-27(23,24)21(28(25,26)4-2)11-6-7-12(16)13(10-11)20-14(22)19(17-18-20)9-5-8-15/h6-7,10H,3-5,8-9H2,1-2H3. The molecule has 0 amide bonds. The van der Waals surface area contributed by atoms with Crippen LogP contribution in [0.5, 0.6) is 0 Å². The lowest BCUT2D eigenvalue weighted by atomic mass is 10.3. The van der Waals surface area contributed by atoms with Gasteiger partial charge in [-0.3, -0.25) is 4.39 Å². The van der Waals surface area contributed by atoms with Crippen molar-refractivity contribution in [2.24, 2.45) is 0 Å². The number of halogens is 2. The van der Waals surface area contributed by atoms with Crippen molar-refractivity contribution in [2.45, 2.75) is 26.8 Å². The maximum atomic E-state index is 14.3. The van der Waals surface area contributed by atoms with Crippen LogP contribution >= 0.6 is 0 Å². The fourth-order valence-electron chi connectivity index (χ4n) is 2.28. The second-order valence-corrected chi connectivity index (χ2v) is 10.0. The number of rotatable bonds is 9. The van der Waals surface area contributed by atoms with E-state index in [9.17, 15) is 30.4 Å². The minimum atomic E-state index is -4.26. The molecule has 0 fully saturated rings. The lowest BCUT2D eigenvalue weighted by molar-refractivity contribution is 0.427. The zero-order chi connectivity index (χ0) is 21.1. The van der Waals surface area contributed by atoms with Crippen LogP contribution in [-0.4, -0.2) is 54.8 Å². The summed E-state index contributed by atoms with van der Waals surface area (Å²) in [5, 5.41) is 7.01. The fourth-order valence-corrected chi connectivity index (χ4v) is 5.64. The average Bonchev–Trinajstić information content (AvgIpc) is 3.01. The third kappa shape index (κ3) is 4.22. The maximum absolute atomic E-state index is 14.3. The predicted octanol–water partition coefficient (Wildman–Crippen LogP) is 0.434. The molecule has 28 heavy (non-hydrogen) atoms. The molecule has 0 spiro atoms. The second kappa shape index (κ2) is 8.34. The van der Waals surface area contributed by atoms with Gasteiger partial charge >= 0.3 is 5.69 Å². The summed E-state index contributed by atoms with van der Waals surface area (Å²) >= 11 is 0. The van der Waals surface area contributed by atoms with Crippen LogP contribution < -0.4 is 9.40 Å². The van der Waals surface area contributed by atoms with Gasteiger partial charge in [-0.2, -0.15) is 13.1 Å². The van der Waals surface area contributed by atoms with E-state index in [0.717, 1.165) is 22.9 Å². The molecule has 2 aromatic rings. The van der Waals surface area contributed by atoms with Crippen LogP contribution in [0.2, 0.25) is 0 Å². The average molecular weight is 439 g/mol. The number of hydrogen-bond acceptors (Lipinski definition) is 7. The quantitative estimate of drug-likeness (QED) is 0.555. The molecule has 1 aromatic carbocycles. The van der Waals surface area contributed by atoms with Crippen molar-refractivity contribution in [3.63, 3.8) is 0 Å². The Balaban J connectivity index is 2.65. The van der Waals surface area contributed by atoms with Gasteiger partial charge < -0.3 is 0 Å². The Bertz CT molecular complexity index is 1080. The molecular formula is C14H19F2N5O5S2. The number of aromatic nitrogens is 4. The van der Waals surface area contributed by atoms with Gasteiger partial charge in [0.2, 0.25) is 20.0 Å². The Hall–Kier alpha value is -2.35. The Labute approximate surface area is 160 Å². The van der Waals surface area contributed by atoms with Gasteiger partial charge in [-0.15, -0.1) is 0 Å². The number of sulfonamides is 2. The minimum Gasteiger partial charge on any atom is -0.251 e. The highest BCUT2D eigenvalue weighted by atomic mass is 32.3. The summed E-state index contributed by atoms with van der Waals surface area (Å²) in [5.74, 6) is -1.98. The van der Waals surface area contributed by atoms with Crippen molar-refractivity contribution in [1.29, 1.82) is 0 Å². The summed E-state index contributed by atoms with van der Waals surface area (Å²) in [5.41, 5.74) is -1.74. The number of anilines is 1. The van der Waals surface area contributed by atoms with Crippen LogP contribution in [0.15, 0.2) is 23.0 Å². The highest BCUT2D eigenvalue weighted by Gasteiger charge is 2.32. The third-order valence-electron chi connectivity index (χ3n) is 3.75. The summed E-state index contributed by atoms with van der Waals surface area (Å²) in [7, 11) is -8.52. The van der Waals surface area contributed by atoms with Crippen molar-refractivity contribution in [2.75, 3.05) is 21.9 Å². The number of tetrazole rings is 1.